The highest BCUT2D eigenvalue weighted by Crippen LogP contribution is 2.27. The van der Waals surface area contributed by atoms with Gasteiger partial charge >= 0.3 is 0 Å². The number of benzene rings is 1. The van der Waals surface area contributed by atoms with Crippen LogP contribution in [-0.2, 0) is 10.0 Å². The maximum atomic E-state index is 13.9. The third-order valence-corrected chi connectivity index (χ3v) is 5.00. The summed E-state index contributed by atoms with van der Waals surface area (Å²) in [6.45, 7) is 4.43. The van der Waals surface area contributed by atoms with Crippen LogP contribution in [0.2, 0.25) is 0 Å². The number of halogens is 2. The van der Waals surface area contributed by atoms with Crippen LogP contribution in [0.15, 0.2) is 21.5 Å². The van der Waals surface area contributed by atoms with Crippen LogP contribution < -0.4 is 10.5 Å². The summed E-state index contributed by atoms with van der Waals surface area (Å²) in [6, 6.07) is 2.30. The Kier molecular flexibility index (Phi) is 4.61. The number of aliphatic hydroxyl groups is 1. The normalized spacial score (nSPS) is 14.4. The summed E-state index contributed by atoms with van der Waals surface area (Å²) in [5.41, 5.74) is 4.49. The number of nitrogen functional groups attached to an aromatic ring is 1. The Morgan fingerprint density at radius 2 is 2.00 bits per heavy atom. The molecule has 0 radical (unpaired) electrons. The van der Waals surface area contributed by atoms with E-state index in [9.17, 15) is 17.9 Å². The summed E-state index contributed by atoms with van der Waals surface area (Å²) in [6.07, 6.45) is -0.949. The highest BCUT2D eigenvalue weighted by Gasteiger charge is 2.32. The number of hydrogen-bond donors (Lipinski definition) is 3. The molecule has 0 aliphatic carbocycles. The van der Waals surface area contributed by atoms with Crippen LogP contribution in [0.1, 0.15) is 20.8 Å². The van der Waals surface area contributed by atoms with Crippen LogP contribution in [0.4, 0.5) is 10.1 Å². The molecular formula is C11H16BrFN2O3S. The number of hydrogen-bond acceptors (Lipinski definition) is 4. The van der Waals surface area contributed by atoms with Crippen LogP contribution in [0, 0.1) is 5.82 Å². The summed E-state index contributed by atoms with van der Waals surface area (Å²) >= 11 is 2.90. The monoisotopic (exact) mass is 354 g/mol. The van der Waals surface area contributed by atoms with Gasteiger partial charge in [0.2, 0.25) is 10.0 Å². The van der Waals surface area contributed by atoms with Crippen LogP contribution in [0.25, 0.3) is 0 Å². The van der Waals surface area contributed by atoms with Gasteiger partial charge in [-0.2, -0.15) is 0 Å². The quantitative estimate of drug-likeness (QED) is 0.716. The third-order valence-electron chi connectivity index (χ3n) is 2.75. The number of anilines is 1. The Labute approximate surface area is 120 Å². The van der Waals surface area contributed by atoms with E-state index < -0.39 is 32.4 Å². The molecule has 1 rings (SSSR count). The molecule has 0 aromatic heterocycles. The molecule has 0 saturated heterocycles. The second-order valence-electron chi connectivity index (χ2n) is 4.82. The van der Waals surface area contributed by atoms with Crippen LogP contribution >= 0.6 is 15.9 Å². The first-order chi connectivity index (χ1) is 8.47. The summed E-state index contributed by atoms with van der Waals surface area (Å²) in [7, 11) is -4.13. The summed E-state index contributed by atoms with van der Waals surface area (Å²) in [5, 5.41) is 9.51. The zero-order valence-corrected chi connectivity index (χ0v) is 13.1. The van der Waals surface area contributed by atoms with Crippen LogP contribution in [0.5, 0.6) is 0 Å². The Morgan fingerprint density at radius 3 is 2.47 bits per heavy atom. The van der Waals surface area contributed by atoms with Crippen molar-refractivity contribution in [3.63, 3.8) is 0 Å². The number of nitrogens with one attached hydrogen (secondary N) is 1. The zero-order chi connectivity index (χ0) is 15.0. The lowest BCUT2D eigenvalue weighted by Gasteiger charge is -2.29. The van der Waals surface area contributed by atoms with Gasteiger partial charge in [-0.15, -0.1) is 0 Å². The largest absolute Gasteiger partial charge is 0.399 e. The number of aliphatic hydroxyl groups excluding tert-OH is 1. The molecule has 5 nitrogen and oxygen atoms in total. The molecule has 8 heteroatoms. The van der Waals surface area contributed by atoms with Gasteiger partial charge in [0.25, 0.3) is 0 Å². The molecule has 0 spiro atoms. The minimum Gasteiger partial charge on any atom is -0.399 e. The lowest BCUT2D eigenvalue weighted by molar-refractivity contribution is 0.111. The molecule has 0 saturated carbocycles. The second kappa shape index (κ2) is 5.35. The lowest BCUT2D eigenvalue weighted by atomic mass is 10.0. The fourth-order valence-corrected chi connectivity index (χ4v) is 3.49. The molecule has 1 atom stereocenters. The van der Waals surface area contributed by atoms with E-state index in [-0.39, 0.29) is 10.2 Å². The van der Waals surface area contributed by atoms with Crippen LogP contribution in [0.3, 0.4) is 0 Å². The number of nitrogens with two attached hydrogens (primary N) is 1. The van der Waals surface area contributed by atoms with Crippen molar-refractivity contribution in [2.75, 3.05) is 5.73 Å². The highest BCUT2D eigenvalue weighted by atomic mass is 79.9. The molecule has 19 heavy (non-hydrogen) atoms. The van der Waals surface area contributed by atoms with Crippen molar-refractivity contribution in [3.05, 3.63) is 22.4 Å². The maximum absolute atomic E-state index is 13.9. The van der Waals surface area contributed by atoms with Gasteiger partial charge in [0, 0.05) is 5.69 Å². The molecule has 1 unspecified atom stereocenters. The van der Waals surface area contributed by atoms with Gasteiger partial charge in [-0.25, -0.2) is 17.5 Å². The van der Waals surface area contributed by atoms with Crippen molar-refractivity contribution >= 4 is 31.6 Å². The van der Waals surface area contributed by atoms with E-state index in [0.717, 1.165) is 6.07 Å². The van der Waals surface area contributed by atoms with Crippen molar-refractivity contribution < 1.29 is 17.9 Å². The Balaban J connectivity index is 3.30. The van der Waals surface area contributed by atoms with E-state index in [0.29, 0.717) is 0 Å². The minimum atomic E-state index is -4.13. The fourth-order valence-electron chi connectivity index (χ4n) is 1.27. The van der Waals surface area contributed by atoms with E-state index in [4.69, 9.17) is 5.73 Å². The Hall–Kier alpha value is -0.700. The van der Waals surface area contributed by atoms with Gasteiger partial charge in [0.1, 0.15) is 4.90 Å². The average Bonchev–Trinajstić information content (AvgIpc) is 2.21. The van der Waals surface area contributed by atoms with Crippen molar-refractivity contribution in [2.45, 2.75) is 37.3 Å². The van der Waals surface area contributed by atoms with Crippen LogP contribution in [-0.4, -0.2) is 25.2 Å². The van der Waals surface area contributed by atoms with E-state index in [1.165, 1.54) is 26.8 Å². The summed E-state index contributed by atoms with van der Waals surface area (Å²) in [5.74, 6) is -0.928. The molecule has 0 heterocycles. The van der Waals surface area contributed by atoms with Crippen molar-refractivity contribution in [3.8, 4) is 0 Å². The standard InChI is InChI=1S/C11H16BrFN2O3S/c1-6(16)11(2,3)15-19(17,18)9-5-7(14)4-8(12)10(9)13/h4-6,15-16H,14H2,1-3H3. The molecule has 0 fully saturated rings. The molecule has 1 aromatic rings. The molecule has 108 valence electrons. The predicted molar refractivity (Wildman–Crippen MR) is 74.6 cm³/mol. The molecule has 0 aliphatic heterocycles. The van der Waals surface area contributed by atoms with Gasteiger partial charge in [-0.05, 0) is 48.8 Å². The summed E-state index contributed by atoms with van der Waals surface area (Å²) < 4.78 is 40.4. The predicted octanol–water partition coefficient (Wildman–Crippen LogP) is 1.61. The van der Waals surface area contributed by atoms with Crippen molar-refractivity contribution in [1.29, 1.82) is 0 Å². The SMILES string of the molecule is CC(O)C(C)(C)NS(=O)(=O)c1cc(N)cc(Br)c1F. The fraction of sp³-hybridized carbons (Fsp3) is 0.455. The molecule has 0 bridgehead atoms. The smallest absolute Gasteiger partial charge is 0.244 e. The Morgan fingerprint density at radius 1 is 1.47 bits per heavy atom. The first kappa shape index (κ1) is 16.4. The highest BCUT2D eigenvalue weighted by molar-refractivity contribution is 9.10. The van der Waals surface area contributed by atoms with Gasteiger partial charge in [-0.1, -0.05) is 0 Å². The molecule has 0 amide bonds. The first-order valence-corrected chi connectivity index (χ1v) is 7.71. The number of rotatable bonds is 4. The molecule has 0 aliphatic rings. The lowest BCUT2D eigenvalue weighted by Crippen LogP contribution is -2.50. The van der Waals surface area contributed by atoms with Crippen molar-refractivity contribution in [1.82, 2.24) is 4.72 Å². The molecule has 4 N–H and O–H groups in total. The average molecular weight is 355 g/mol. The third kappa shape index (κ3) is 3.65. The van der Waals surface area contributed by atoms with Crippen molar-refractivity contribution in [2.24, 2.45) is 0 Å². The zero-order valence-electron chi connectivity index (χ0n) is 10.7. The molecule has 1 aromatic carbocycles. The van der Waals surface area contributed by atoms with E-state index >= 15 is 0 Å². The first-order valence-electron chi connectivity index (χ1n) is 5.44. The van der Waals surface area contributed by atoms with Gasteiger partial charge < -0.3 is 10.8 Å². The van der Waals surface area contributed by atoms with Gasteiger partial charge in [0.15, 0.2) is 5.82 Å². The molecular weight excluding hydrogens is 339 g/mol. The second-order valence-corrected chi connectivity index (χ2v) is 7.32. The number of sulfonamides is 1. The van der Waals surface area contributed by atoms with Gasteiger partial charge in [-0.3, -0.25) is 0 Å². The minimum absolute atomic E-state index is 0.0391. The summed E-state index contributed by atoms with van der Waals surface area (Å²) in [4.78, 5) is -0.562. The van der Waals surface area contributed by atoms with E-state index in [2.05, 4.69) is 20.7 Å². The topological polar surface area (TPSA) is 92.4 Å². The Bertz CT molecular complexity index is 588. The van der Waals surface area contributed by atoms with Gasteiger partial charge in [0.05, 0.1) is 16.1 Å². The maximum Gasteiger partial charge on any atom is 0.244 e. The van der Waals surface area contributed by atoms with E-state index in [1.807, 2.05) is 0 Å². The van der Waals surface area contributed by atoms with E-state index in [1.54, 1.807) is 0 Å².